The highest BCUT2D eigenvalue weighted by atomic mass is 16.5. The van der Waals surface area contributed by atoms with Gasteiger partial charge in [0.1, 0.15) is 12.4 Å². The van der Waals surface area contributed by atoms with Gasteiger partial charge in [0.05, 0.1) is 6.10 Å². The standard InChI is InChI=1S/C29H53N5O2/c1-18-9-10-20(32-27(35)25-11-12-26(36-25)29(2,3)4)15-24(18)34-28-31-14-13-23(33-28)22-17-30-16-19-7-5-6-8-21(19)22/h18-26,28,30-31,33-34H,5-17H2,1-4H3,(H,32,35). The molecule has 5 aliphatic rings. The van der Waals surface area contributed by atoms with Crippen molar-refractivity contribution in [1.29, 1.82) is 0 Å². The first-order chi connectivity index (χ1) is 17.3. The first-order valence-corrected chi connectivity index (χ1v) is 15.2. The summed E-state index contributed by atoms with van der Waals surface area (Å²) in [4.78, 5) is 13.0. The van der Waals surface area contributed by atoms with Crippen LogP contribution in [-0.2, 0) is 9.53 Å². The van der Waals surface area contributed by atoms with Crippen molar-refractivity contribution in [2.75, 3.05) is 19.6 Å². The Morgan fingerprint density at radius 2 is 1.78 bits per heavy atom. The predicted molar refractivity (Wildman–Crippen MR) is 144 cm³/mol. The highest BCUT2D eigenvalue weighted by Crippen LogP contribution is 2.39. The van der Waals surface area contributed by atoms with Crippen LogP contribution in [0.3, 0.4) is 0 Å². The summed E-state index contributed by atoms with van der Waals surface area (Å²) in [7, 11) is 0. The summed E-state index contributed by atoms with van der Waals surface area (Å²) in [6.07, 6.45) is 11.9. The molecule has 7 nitrogen and oxygen atoms in total. The number of hydrogen-bond acceptors (Lipinski definition) is 6. The van der Waals surface area contributed by atoms with Crippen molar-refractivity contribution < 1.29 is 9.53 Å². The Morgan fingerprint density at radius 1 is 0.944 bits per heavy atom. The van der Waals surface area contributed by atoms with Gasteiger partial charge in [-0.15, -0.1) is 0 Å². The van der Waals surface area contributed by atoms with Gasteiger partial charge in [0, 0.05) is 18.1 Å². The summed E-state index contributed by atoms with van der Waals surface area (Å²) in [5.74, 6) is 3.22. The predicted octanol–water partition coefficient (Wildman–Crippen LogP) is 3.10. The van der Waals surface area contributed by atoms with Gasteiger partial charge in [-0.1, -0.05) is 40.5 Å². The van der Waals surface area contributed by atoms with Crippen molar-refractivity contribution in [2.24, 2.45) is 29.1 Å². The SMILES string of the molecule is CC1CCC(NC(=O)C2CCC(C(C)(C)C)O2)CC1NC1NCCC(C2CNCC3CCCCC32)N1. The van der Waals surface area contributed by atoms with E-state index in [1.165, 1.54) is 45.2 Å². The molecule has 36 heavy (non-hydrogen) atoms. The Balaban J connectivity index is 1.12. The van der Waals surface area contributed by atoms with Crippen LogP contribution in [0.5, 0.6) is 0 Å². The average Bonchev–Trinajstić information content (AvgIpc) is 3.37. The number of carbonyl (C=O) groups excluding carboxylic acids is 1. The molecule has 0 aromatic heterocycles. The first kappa shape index (κ1) is 26.9. The average molecular weight is 504 g/mol. The van der Waals surface area contributed by atoms with E-state index < -0.39 is 0 Å². The summed E-state index contributed by atoms with van der Waals surface area (Å²) in [6.45, 7) is 12.4. The fourth-order valence-corrected chi connectivity index (χ4v) is 7.93. The molecule has 5 fully saturated rings. The number of piperidine rings is 1. The Labute approximate surface area is 219 Å². The second-order valence-electron chi connectivity index (χ2n) is 13.8. The van der Waals surface area contributed by atoms with E-state index in [1.54, 1.807) is 0 Å². The lowest BCUT2D eigenvalue weighted by atomic mass is 9.67. The lowest BCUT2D eigenvalue weighted by molar-refractivity contribution is -0.135. The quantitative estimate of drug-likeness (QED) is 0.396. The molecule has 206 valence electrons. The first-order valence-electron chi connectivity index (χ1n) is 15.2. The van der Waals surface area contributed by atoms with Gasteiger partial charge < -0.3 is 15.4 Å². The Morgan fingerprint density at radius 3 is 2.58 bits per heavy atom. The highest BCUT2D eigenvalue weighted by Gasteiger charge is 2.41. The maximum atomic E-state index is 13.0. The molecule has 2 saturated carbocycles. The van der Waals surface area contributed by atoms with Crippen LogP contribution < -0.4 is 26.6 Å². The maximum absolute atomic E-state index is 13.0. The number of nitrogens with one attached hydrogen (secondary N) is 5. The van der Waals surface area contributed by atoms with Gasteiger partial charge in [-0.05, 0) is 100 Å². The lowest BCUT2D eigenvalue weighted by Crippen LogP contribution is -2.67. The van der Waals surface area contributed by atoms with Crippen LogP contribution in [0.25, 0.3) is 0 Å². The minimum atomic E-state index is -0.282. The largest absolute Gasteiger partial charge is 0.365 e. The zero-order valence-corrected chi connectivity index (χ0v) is 23.3. The molecule has 10 unspecified atom stereocenters. The topological polar surface area (TPSA) is 86.5 Å². The molecule has 5 rings (SSSR count). The van der Waals surface area contributed by atoms with Crippen molar-refractivity contribution in [1.82, 2.24) is 26.6 Å². The molecule has 0 aromatic rings. The third-order valence-corrected chi connectivity index (χ3v) is 10.2. The van der Waals surface area contributed by atoms with E-state index in [0.717, 1.165) is 56.4 Å². The van der Waals surface area contributed by atoms with Gasteiger partial charge in [0.25, 0.3) is 0 Å². The van der Waals surface area contributed by atoms with Crippen LogP contribution in [0.15, 0.2) is 0 Å². The minimum Gasteiger partial charge on any atom is -0.365 e. The Kier molecular flexibility index (Phi) is 8.63. The van der Waals surface area contributed by atoms with E-state index in [9.17, 15) is 4.79 Å². The Bertz CT molecular complexity index is 740. The van der Waals surface area contributed by atoms with Gasteiger partial charge in [-0.25, -0.2) is 0 Å². The van der Waals surface area contributed by atoms with Gasteiger partial charge in [0.2, 0.25) is 5.91 Å². The molecule has 5 N–H and O–H groups in total. The summed E-state index contributed by atoms with van der Waals surface area (Å²) in [6, 6.07) is 1.20. The number of rotatable bonds is 5. The van der Waals surface area contributed by atoms with Crippen LogP contribution in [0.4, 0.5) is 0 Å². The second kappa shape index (κ2) is 11.6. The lowest BCUT2D eigenvalue weighted by Gasteiger charge is -2.48. The number of fused-ring (bicyclic) bond motifs is 1. The summed E-state index contributed by atoms with van der Waals surface area (Å²) in [5.41, 5.74) is 0.0910. The molecular formula is C29H53N5O2. The summed E-state index contributed by atoms with van der Waals surface area (Å²) >= 11 is 0. The van der Waals surface area contributed by atoms with E-state index in [4.69, 9.17) is 4.74 Å². The molecule has 10 atom stereocenters. The third-order valence-electron chi connectivity index (χ3n) is 10.2. The van der Waals surface area contributed by atoms with Crippen molar-refractivity contribution in [3.05, 3.63) is 0 Å². The molecule has 7 heteroatoms. The number of ether oxygens (including phenoxy) is 1. The maximum Gasteiger partial charge on any atom is 0.249 e. The highest BCUT2D eigenvalue weighted by molar-refractivity contribution is 5.81. The molecule has 3 heterocycles. The normalized spacial score (nSPS) is 44.1. The van der Waals surface area contributed by atoms with Crippen molar-refractivity contribution in [3.8, 4) is 0 Å². The van der Waals surface area contributed by atoms with E-state index in [1.807, 2.05) is 0 Å². The number of carbonyl (C=O) groups is 1. The molecule has 0 radical (unpaired) electrons. The minimum absolute atomic E-state index is 0.0910. The van der Waals surface area contributed by atoms with Gasteiger partial charge in [-0.2, -0.15) is 0 Å². The van der Waals surface area contributed by atoms with Crippen LogP contribution in [0, 0.1) is 29.1 Å². The van der Waals surface area contributed by atoms with Crippen LogP contribution >= 0.6 is 0 Å². The van der Waals surface area contributed by atoms with Gasteiger partial charge >= 0.3 is 0 Å². The molecule has 2 aliphatic carbocycles. The second-order valence-corrected chi connectivity index (χ2v) is 13.8. The smallest absolute Gasteiger partial charge is 0.249 e. The van der Waals surface area contributed by atoms with Crippen molar-refractivity contribution in [2.45, 2.75) is 129 Å². The third kappa shape index (κ3) is 6.28. The van der Waals surface area contributed by atoms with E-state index >= 15 is 0 Å². The van der Waals surface area contributed by atoms with E-state index in [-0.39, 0.29) is 35.9 Å². The van der Waals surface area contributed by atoms with Crippen LogP contribution in [-0.4, -0.2) is 62.2 Å². The molecule has 0 aromatic carbocycles. The summed E-state index contributed by atoms with van der Waals surface area (Å²) in [5, 5.41) is 18.7. The molecule has 1 amide bonds. The van der Waals surface area contributed by atoms with E-state index in [2.05, 4.69) is 54.3 Å². The molecular weight excluding hydrogens is 450 g/mol. The van der Waals surface area contributed by atoms with Gasteiger partial charge in [-0.3, -0.25) is 20.7 Å². The Hall–Kier alpha value is -0.730. The summed E-state index contributed by atoms with van der Waals surface area (Å²) < 4.78 is 6.15. The molecule has 0 bridgehead atoms. The fourth-order valence-electron chi connectivity index (χ4n) is 7.93. The van der Waals surface area contributed by atoms with Gasteiger partial charge in [0.15, 0.2) is 0 Å². The van der Waals surface area contributed by atoms with Crippen LogP contribution in [0.1, 0.15) is 91.9 Å². The van der Waals surface area contributed by atoms with Crippen LogP contribution in [0.2, 0.25) is 0 Å². The van der Waals surface area contributed by atoms with Crippen molar-refractivity contribution in [3.63, 3.8) is 0 Å². The molecule has 3 saturated heterocycles. The zero-order chi connectivity index (χ0) is 25.3. The fraction of sp³-hybridized carbons (Fsp3) is 0.966. The monoisotopic (exact) mass is 503 g/mol. The molecule has 0 spiro atoms. The zero-order valence-electron chi connectivity index (χ0n) is 23.3. The number of hydrogen-bond donors (Lipinski definition) is 5. The number of amides is 1. The molecule has 3 aliphatic heterocycles. The van der Waals surface area contributed by atoms with Crippen molar-refractivity contribution >= 4 is 5.91 Å². The van der Waals surface area contributed by atoms with E-state index in [0.29, 0.717) is 18.0 Å².